The molecule has 4 heteroatoms. The Morgan fingerprint density at radius 1 is 0.900 bits per heavy atom. The van der Waals surface area contributed by atoms with E-state index in [0.29, 0.717) is 10.6 Å². The van der Waals surface area contributed by atoms with E-state index in [9.17, 15) is 10.2 Å². The van der Waals surface area contributed by atoms with Gasteiger partial charge in [-0.1, -0.05) is 29.8 Å². The fraction of sp³-hybridized carbons (Fsp3) is 0.250. The van der Waals surface area contributed by atoms with Crippen molar-refractivity contribution >= 4 is 11.6 Å². The smallest absolute Gasteiger partial charge is 0.124 e. The topological polar surface area (TPSA) is 52.5 Å². The van der Waals surface area contributed by atoms with E-state index in [2.05, 4.69) is 5.32 Å². The van der Waals surface area contributed by atoms with Gasteiger partial charge in [0.25, 0.3) is 0 Å². The second-order valence-electron chi connectivity index (χ2n) is 4.87. The molecule has 20 heavy (non-hydrogen) atoms. The molecule has 0 spiro atoms. The molecule has 2 atom stereocenters. The average molecular weight is 292 g/mol. The van der Waals surface area contributed by atoms with Crippen LogP contribution in [0.1, 0.15) is 37.1 Å². The maximum absolute atomic E-state index is 9.86. The van der Waals surface area contributed by atoms with Crippen molar-refractivity contribution in [2.45, 2.75) is 25.9 Å². The summed E-state index contributed by atoms with van der Waals surface area (Å²) in [6.45, 7) is 3.93. The molecule has 0 amide bonds. The first-order valence-corrected chi connectivity index (χ1v) is 6.89. The first kappa shape index (κ1) is 14.7. The lowest BCUT2D eigenvalue weighted by Crippen LogP contribution is -2.22. The summed E-state index contributed by atoms with van der Waals surface area (Å²) in [5.74, 6) is 0.182. The minimum absolute atomic E-state index is 0.0706. The zero-order valence-corrected chi connectivity index (χ0v) is 12.2. The first-order valence-electron chi connectivity index (χ1n) is 6.51. The monoisotopic (exact) mass is 291 g/mol. The molecule has 0 aliphatic rings. The predicted molar refractivity (Wildman–Crippen MR) is 81.2 cm³/mol. The van der Waals surface area contributed by atoms with E-state index in [1.54, 1.807) is 18.2 Å². The number of phenolic OH excluding ortho intramolecular Hbond substituents is 2. The lowest BCUT2D eigenvalue weighted by molar-refractivity contribution is 0.407. The molecule has 2 rings (SSSR count). The van der Waals surface area contributed by atoms with Crippen LogP contribution in [-0.4, -0.2) is 10.2 Å². The van der Waals surface area contributed by atoms with Crippen LogP contribution in [0.25, 0.3) is 0 Å². The molecule has 0 fully saturated rings. The highest BCUT2D eigenvalue weighted by Crippen LogP contribution is 2.33. The van der Waals surface area contributed by atoms with E-state index in [0.717, 1.165) is 5.56 Å². The molecule has 0 saturated carbocycles. The number of nitrogens with one attached hydrogen (secondary N) is 1. The molecule has 3 nitrogen and oxygen atoms in total. The molecule has 0 bridgehead atoms. The van der Waals surface area contributed by atoms with Crippen molar-refractivity contribution in [1.29, 1.82) is 0 Å². The van der Waals surface area contributed by atoms with Crippen LogP contribution in [0.3, 0.4) is 0 Å². The van der Waals surface area contributed by atoms with Crippen LogP contribution in [0, 0.1) is 0 Å². The number of hydrogen-bond donors (Lipinski definition) is 3. The van der Waals surface area contributed by atoms with Crippen LogP contribution < -0.4 is 5.32 Å². The second kappa shape index (κ2) is 6.16. The van der Waals surface area contributed by atoms with Crippen LogP contribution in [0.4, 0.5) is 0 Å². The van der Waals surface area contributed by atoms with Crippen molar-refractivity contribution in [3.8, 4) is 11.5 Å². The Hall–Kier alpha value is -1.71. The van der Waals surface area contributed by atoms with Crippen LogP contribution in [-0.2, 0) is 0 Å². The van der Waals surface area contributed by atoms with Gasteiger partial charge in [-0.25, -0.2) is 0 Å². The van der Waals surface area contributed by atoms with E-state index >= 15 is 0 Å². The number of hydrogen-bond acceptors (Lipinski definition) is 3. The number of benzene rings is 2. The third-order valence-electron chi connectivity index (χ3n) is 3.36. The maximum Gasteiger partial charge on any atom is 0.124 e. The van der Waals surface area contributed by atoms with Crippen molar-refractivity contribution in [2.75, 3.05) is 0 Å². The molecule has 106 valence electrons. The van der Waals surface area contributed by atoms with Gasteiger partial charge in [0, 0.05) is 17.1 Å². The van der Waals surface area contributed by atoms with Gasteiger partial charge in [-0.2, -0.15) is 0 Å². The van der Waals surface area contributed by atoms with Crippen molar-refractivity contribution in [1.82, 2.24) is 5.32 Å². The number of phenols is 2. The van der Waals surface area contributed by atoms with Gasteiger partial charge in [0.2, 0.25) is 0 Å². The van der Waals surface area contributed by atoms with Crippen molar-refractivity contribution < 1.29 is 10.2 Å². The fourth-order valence-electron chi connectivity index (χ4n) is 2.29. The summed E-state index contributed by atoms with van der Waals surface area (Å²) in [7, 11) is 0. The van der Waals surface area contributed by atoms with Gasteiger partial charge in [-0.05, 0) is 43.7 Å². The summed E-state index contributed by atoms with van der Waals surface area (Å²) in [5.41, 5.74) is 1.60. The Balaban J connectivity index is 2.15. The molecule has 2 aromatic rings. The zero-order valence-electron chi connectivity index (χ0n) is 11.5. The Morgan fingerprint density at radius 2 is 1.45 bits per heavy atom. The van der Waals surface area contributed by atoms with Crippen LogP contribution >= 0.6 is 11.6 Å². The standard InChI is InChI=1S/C16H18ClNO2/c1-10(12-6-8-13(17)9-7-12)18-11(2)16-14(19)4-3-5-15(16)20/h3-11,18-20H,1-2H3/t10-,11?/m1/s1. The lowest BCUT2D eigenvalue weighted by Gasteiger charge is -2.22. The molecule has 2 aromatic carbocycles. The summed E-state index contributed by atoms with van der Waals surface area (Å²) < 4.78 is 0. The summed E-state index contributed by atoms with van der Waals surface area (Å²) in [5, 5.41) is 23.8. The fourth-order valence-corrected chi connectivity index (χ4v) is 2.42. The molecule has 0 aliphatic heterocycles. The summed E-state index contributed by atoms with van der Waals surface area (Å²) >= 11 is 5.87. The Kier molecular flexibility index (Phi) is 4.53. The minimum Gasteiger partial charge on any atom is -0.507 e. The third-order valence-corrected chi connectivity index (χ3v) is 3.62. The lowest BCUT2D eigenvalue weighted by atomic mass is 10.0. The maximum atomic E-state index is 9.86. The second-order valence-corrected chi connectivity index (χ2v) is 5.31. The highest BCUT2D eigenvalue weighted by molar-refractivity contribution is 6.30. The van der Waals surface area contributed by atoms with E-state index in [1.165, 1.54) is 0 Å². The van der Waals surface area contributed by atoms with Gasteiger partial charge in [0.05, 0.1) is 5.56 Å². The third kappa shape index (κ3) is 3.24. The number of rotatable bonds is 4. The normalized spacial score (nSPS) is 13.9. The SMILES string of the molecule is CC(N[C@H](C)c1ccc(Cl)cc1)c1c(O)cccc1O. The molecule has 0 radical (unpaired) electrons. The highest BCUT2D eigenvalue weighted by atomic mass is 35.5. The van der Waals surface area contributed by atoms with Crippen molar-refractivity contribution in [3.63, 3.8) is 0 Å². The quantitative estimate of drug-likeness (QED) is 0.793. The molecular weight excluding hydrogens is 274 g/mol. The van der Waals surface area contributed by atoms with E-state index in [4.69, 9.17) is 11.6 Å². The largest absolute Gasteiger partial charge is 0.507 e. The van der Waals surface area contributed by atoms with Crippen LogP contribution in [0.2, 0.25) is 5.02 Å². The predicted octanol–water partition coefficient (Wildman–Crippen LogP) is 4.16. The number of halogens is 1. The Labute approximate surface area is 123 Å². The van der Waals surface area contributed by atoms with Gasteiger partial charge in [-0.3, -0.25) is 0 Å². The zero-order chi connectivity index (χ0) is 14.7. The molecule has 1 unspecified atom stereocenters. The highest BCUT2D eigenvalue weighted by Gasteiger charge is 2.17. The van der Waals surface area contributed by atoms with Gasteiger partial charge in [-0.15, -0.1) is 0 Å². The van der Waals surface area contributed by atoms with E-state index in [1.807, 2.05) is 38.1 Å². The Bertz CT molecular complexity index is 563. The van der Waals surface area contributed by atoms with Crippen molar-refractivity contribution in [3.05, 3.63) is 58.6 Å². The van der Waals surface area contributed by atoms with Gasteiger partial charge in [0.15, 0.2) is 0 Å². The van der Waals surface area contributed by atoms with Crippen LogP contribution in [0.15, 0.2) is 42.5 Å². The van der Waals surface area contributed by atoms with Gasteiger partial charge >= 0.3 is 0 Å². The molecule has 0 aliphatic carbocycles. The van der Waals surface area contributed by atoms with Gasteiger partial charge < -0.3 is 15.5 Å². The van der Waals surface area contributed by atoms with E-state index < -0.39 is 0 Å². The summed E-state index contributed by atoms with van der Waals surface area (Å²) in [6.07, 6.45) is 0. The van der Waals surface area contributed by atoms with Crippen molar-refractivity contribution in [2.24, 2.45) is 0 Å². The molecular formula is C16H18ClNO2. The van der Waals surface area contributed by atoms with Crippen LogP contribution in [0.5, 0.6) is 11.5 Å². The summed E-state index contributed by atoms with van der Waals surface area (Å²) in [4.78, 5) is 0. The molecule has 0 heterocycles. The molecule has 0 aromatic heterocycles. The minimum atomic E-state index is -0.179. The summed E-state index contributed by atoms with van der Waals surface area (Å²) in [6, 6.07) is 12.2. The molecule has 3 N–H and O–H groups in total. The first-order chi connectivity index (χ1) is 9.49. The number of aromatic hydroxyl groups is 2. The van der Waals surface area contributed by atoms with E-state index in [-0.39, 0.29) is 23.6 Å². The Morgan fingerprint density at radius 3 is 2.00 bits per heavy atom. The van der Waals surface area contributed by atoms with Gasteiger partial charge in [0.1, 0.15) is 11.5 Å². The average Bonchev–Trinajstić information content (AvgIpc) is 2.39. The molecule has 0 saturated heterocycles.